The van der Waals surface area contributed by atoms with Crippen molar-refractivity contribution >= 4 is 45.5 Å². The van der Waals surface area contributed by atoms with E-state index < -0.39 is 0 Å². The summed E-state index contributed by atoms with van der Waals surface area (Å²) in [7, 11) is 0. The van der Waals surface area contributed by atoms with Gasteiger partial charge in [0.2, 0.25) is 0 Å². The maximum absolute atomic E-state index is 13.8. The van der Waals surface area contributed by atoms with Crippen LogP contribution in [-0.4, -0.2) is 26.5 Å². The van der Waals surface area contributed by atoms with Gasteiger partial charge in [0.25, 0.3) is 0 Å². The molecule has 0 aliphatic carbocycles. The van der Waals surface area contributed by atoms with Gasteiger partial charge in [-0.15, -0.1) is 0 Å². The second-order valence-corrected chi connectivity index (χ2v) is 8.21. The van der Waals surface area contributed by atoms with Crippen molar-refractivity contribution in [2.75, 3.05) is 11.9 Å². The molecule has 2 aromatic heterocycles. The number of fused-ring (bicyclic) bond motifs is 1. The van der Waals surface area contributed by atoms with Crippen LogP contribution in [0.15, 0.2) is 67.0 Å². The fourth-order valence-corrected chi connectivity index (χ4v) is 4.02. The third kappa shape index (κ3) is 5.21. The van der Waals surface area contributed by atoms with Crippen molar-refractivity contribution in [3.63, 3.8) is 0 Å². The highest BCUT2D eigenvalue weighted by atomic mass is 35.5. The second-order valence-electron chi connectivity index (χ2n) is 7.39. The maximum Gasteiger partial charge on any atom is 0.173 e. The Morgan fingerprint density at radius 3 is 2.74 bits per heavy atom. The van der Waals surface area contributed by atoms with Crippen molar-refractivity contribution in [1.82, 2.24) is 14.9 Å². The summed E-state index contributed by atoms with van der Waals surface area (Å²) in [5.74, 6) is -0.236. The van der Waals surface area contributed by atoms with Crippen molar-refractivity contribution in [1.29, 1.82) is 0 Å². The standard InChI is InChI=1S/C24H22ClFN4S/c1-16-21(22-13-19(26)6-9-23(22)28-16)10-12-30(15-17-3-2-11-27-14-17)24(31)29-20-7-4-18(25)5-8-20/h2-9,11,13-14,28H,10,12,15H2,1H3,(H,29,31). The molecule has 0 aliphatic rings. The van der Waals surface area contributed by atoms with Gasteiger partial charge in [-0.05, 0) is 85.2 Å². The van der Waals surface area contributed by atoms with Gasteiger partial charge in [-0.3, -0.25) is 4.98 Å². The van der Waals surface area contributed by atoms with Gasteiger partial charge in [-0.1, -0.05) is 17.7 Å². The predicted octanol–water partition coefficient (Wildman–Crippen LogP) is 6.11. The number of hydrogen-bond donors (Lipinski definition) is 2. The van der Waals surface area contributed by atoms with Crippen molar-refractivity contribution in [3.05, 3.63) is 94.7 Å². The normalized spacial score (nSPS) is 10.9. The van der Waals surface area contributed by atoms with Crippen LogP contribution in [0.2, 0.25) is 5.02 Å². The largest absolute Gasteiger partial charge is 0.358 e. The first-order valence-electron chi connectivity index (χ1n) is 9.97. The van der Waals surface area contributed by atoms with Gasteiger partial charge in [0.05, 0.1) is 0 Å². The fourth-order valence-electron chi connectivity index (χ4n) is 3.62. The number of rotatable bonds is 6. The zero-order chi connectivity index (χ0) is 21.8. The van der Waals surface area contributed by atoms with Gasteiger partial charge in [0, 0.05) is 52.8 Å². The Morgan fingerprint density at radius 1 is 1.19 bits per heavy atom. The number of anilines is 1. The Balaban J connectivity index is 1.55. The minimum absolute atomic E-state index is 0.236. The molecule has 2 N–H and O–H groups in total. The topological polar surface area (TPSA) is 44.0 Å². The van der Waals surface area contributed by atoms with Gasteiger partial charge < -0.3 is 15.2 Å². The van der Waals surface area contributed by atoms with Crippen LogP contribution in [0.1, 0.15) is 16.8 Å². The van der Waals surface area contributed by atoms with E-state index in [-0.39, 0.29) is 5.82 Å². The van der Waals surface area contributed by atoms with E-state index in [0.29, 0.717) is 23.2 Å². The Bertz CT molecular complexity index is 1190. The summed E-state index contributed by atoms with van der Waals surface area (Å²) in [6, 6.07) is 16.2. The molecule has 4 aromatic rings. The molecule has 31 heavy (non-hydrogen) atoms. The second kappa shape index (κ2) is 9.45. The number of aromatic amines is 1. The molecule has 2 heterocycles. The first-order chi connectivity index (χ1) is 15.0. The van der Waals surface area contributed by atoms with E-state index in [2.05, 4.69) is 20.2 Å². The third-order valence-corrected chi connectivity index (χ3v) is 5.80. The Labute approximate surface area is 191 Å². The molecule has 0 atom stereocenters. The monoisotopic (exact) mass is 452 g/mol. The molecule has 4 rings (SSSR count). The summed E-state index contributed by atoms with van der Waals surface area (Å²) < 4.78 is 13.8. The van der Waals surface area contributed by atoms with Crippen molar-refractivity contribution in [2.45, 2.75) is 19.9 Å². The Morgan fingerprint density at radius 2 is 2.00 bits per heavy atom. The number of nitrogens with one attached hydrogen (secondary N) is 2. The van der Waals surface area contributed by atoms with Crippen LogP contribution in [0.5, 0.6) is 0 Å². The van der Waals surface area contributed by atoms with Crippen LogP contribution >= 0.6 is 23.8 Å². The quantitative estimate of drug-likeness (QED) is 0.346. The van der Waals surface area contributed by atoms with Gasteiger partial charge in [0.1, 0.15) is 5.82 Å². The third-order valence-electron chi connectivity index (χ3n) is 5.19. The zero-order valence-corrected chi connectivity index (χ0v) is 18.6. The molecule has 0 radical (unpaired) electrons. The number of nitrogens with zero attached hydrogens (tertiary/aromatic N) is 2. The molecule has 0 saturated carbocycles. The lowest BCUT2D eigenvalue weighted by molar-refractivity contribution is 0.422. The summed E-state index contributed by atoms with van der Waals surface area (Å²) in [5, 5.41) is 5.48. The van der Waals surface area contributed by atoms with Crippen LogP contribution in [0.25, 0.3) is 10.9 Å². The first-order valence-corrected chi connectivity index (χ1v) is 10.8. The lowest BCUT2D eigenvalue weighted by atomic mass is 10.1. The number of H-pyrrole nitrogens is 1. The molecule has 7 heteroatoms. The van der Waals surface area contributed by atoms with Gasteiger partial charge in [-0.25, -0.2) is 4.39 Å². The molecule has 0 spiro atoms. The van der Waals surface area contributed by atoms with Crippen molar-refractivity contribution < 1.29 is 4.39 Å². The van der Waals surface area contributed by atoms with E-state index in [1.54, 1.807) is 18.3 Å². The molecule has 0 saturated heterocycles. The molecule has 2 aromatic carbocycles. The van der Waals surface area contributed by atoms with E-state index in [1.807, 2.05) is 49.5 Å². The lowest BCUT2D eigenvalue weighted by Gasteiger charge is -2.26. The molecule has 0 bridgehead atoms. The molecule has 158 valence electrons. The van der Waals surface area contributed by atoms with Crippen LogP contribution in [0, 0.1) is 12.7 Å². The maximum atomic E-state index is 13.8. The minimum atomic E-state index is -0.236. The van der Waals surface area contributed by atoms with E-state index in [1.165, 1.54) is 6.07 Å². The number of halogens is 2. The number of thiocarbonyl (C=S) groups is 1. The van der Waals surface area contributed by atoms with Crippen LogP contribution < -0.4 is 5.32 Å². The zero-order valence-electron chi connectivity index (χ0n) is 17.0. The average Bonchev–Trinajstić information content (AvgIpc) is 3.07. The molecule has 0 amide bonds. The van der Waals surface area contributed by atoms with Crippen molar-refractivity contribution in [3.8, 4) is 0 Å². The summed E-state index contributed by atoms with van der Waals surface area (Å²) in [6.07, 6.45) is 4.31. The Hall–Kier alpha value is -2.96. The highest BCUT2D eigenvalue weighted by Gasteiger charge is 2.15. The first kappa shape index (κ1) is 21.3. The number of hydrogen-bond acceptors (Lipinski definition) is 2. The highest BCUT2D eigenvalue weighted by Crippen LogP contribution is 2.24. The summed E-state index contributed by atoms with van der Waals surface area (Å²) in [5.41, 5.74) is 5.01. The summed E-state index contributed by atoms with van der Waals surface area (Å²) >= 11 is 11.7. The molecular formula is C24H22ClFN4S. The minimum Gasteiger partial charge on any atom is -0.358 e. The van der Waals surface area contributed by atoms with E-state index in [4.69, 9.17) is 23.8 Å². The predicted molar refractivity (Wildman–Crippen MR) is 129 cm³/mol. The number of aryl methyl sites for hydroxylation is 1. The fraction of sp³-hybridized carbons (Fsp3) is 0.167. The number of benzene rings is 2. The van der Waals surface area contributed by atoms with Crippen LogP contribution in [0.4, 0.5) is 10.1 Å². The van der Waals surface area contributed by atoms with Crippen LogP contribution in [-0.2, 0) is 13.0 Å². The van der Waals surface area contributed by atoms with Crippen LogP contribution in [0.3, 0.4) is 0 Å². The van der Waals surface area contributed by atoms with E-state index in [0.717, 1.165) is 39.8 Å². The van der Waals surface area contributed by atoms with Gasteiger partial charge in [-0.2, -0.15) is 0 Å². The van der Waals surface area contributed by atoms with Crippen molar-refractivity contribution in [2.24, 2.45) is 0 Å². The SMILES string of the molecule is Cc1[nH]c2ccc(F)cc2c1CCN(Cc1cccnc1)C(=S)Nc1ccc(Cl)cc1. The number of aromatic nitrogens is 2. The highest BCUT2D eigenvalue weighted by molar-refractivity contribution is 7.80. The van der Waals surface area contributed by atoms with Gasteiger partial charge >= 0.3 is 0 Å². The Kier molecular flexibility index (Phi) is 6.49. The lowest BCUT2D eigenvalue weighted by Crippen LogP contribution is -2.36. The molecule has 0 unspecified atom stereocenters. The molecule has 4 nitrogen and oxygen atoms in total. The van der Waals surface area contributed by atoms with Gasteiger partial charge in [0.15, 0.2) is 5.11 Å². The smallest absolute Gasteiger partial charge is 0.173 e. The summed E-state index contributed by atoms with van der Waals surface area (Å²) in [6.45, 7) is 3.30. The molecule has 0 fully saturated rings. The van der Waals surface area contributed by atoms with E-state index >= 15 is 0 Å². The molecular weight excluding hydrogens is 431 g/mol. The molecule has 0 aliphatic heterocycles. The van der Waals surface area contributed by atoms with E-state index in [9.17, 15) is 4.39 Å². The average molecular weight is 453 g/mol. The summed E-state index contributed by atoms with van der Waals surface area (Å²) in [4.78, 5) is 9.66. The number of pyridine rings is 1.